The van der Waals surface area contributed by atoms with Gasteiger partial charge in [-0.05, 0) is 40.5 Å². The molecule has 1 aliphatic rings. The lowest BCUT2D eigenvalue weighted by atomic mass is 10.1. The number of aliphatic hydroxyl groups excluding tert-OH is 1. The third-order valence-corrected chi connectivity index (χ3v) is 2.60. The van der Waals surface area contributed by atoms with E-state index >= 15 is 0 Å². The fourth-order valence-corrected chi connectivity index (χ4v) is 1.70. The minimum atomic E-state index is -0.459. The molecule has 0 radical (unpaired) electrons. The van der Waals surface area contributed by atoms with Gasteiger partial charge in [-0.25, -0.2) is 4.79 Å². The van der Waals surface area contributed by atoms with E-state index in [-0.39, 0.29) is 6.09 Å². The smallest absolute Gasteiger partial charge is 0.410 e. The van der Waals surface area contributed by atoms with Crippen LogP contribution in [-0.4, -0.2) is 40.9 Å². The fraction of sp³-hybridized carbons (Fsp3) is 0.632. The predicted molar refractivity (Wildman–Crippen MR) is 98.5 cm³/mol. The van der Waals surface area contributed by atoms with E-state index in [2.05, 4.69) is 6.58 Å². The van der Waals surface area contributed by atoms with Crippen LogP contribution in [-0.2, 0) is 4.74 Å². The summed E-state index contributed by atoms with van der Waals surface area (Å²) in [5.74, 6) is 0. The highest BCUT2D eigenvalue weighted by molar-refractivity contribution is 5.68. The molecule has 1 heterocycles. The first-order valence-corrected chi connectivity index (χ1v) is 8.36. The molecule has 1 fully saturated rings. The van der Waals surface area contributed by atoms with Crippen LogP contribution in [0.4, 0.5) is 4.79 Å². The van der Waals surface area contributed by atoms with Crippen LogP contribution in [0.25, 0.3) is 0 Å². The van der Waals surface area contributed by atoms with Crippen LogP contribution in [0.15, 0.2) is 37.0 Å². The molecule has 0 bridgehead atoms. The van der Waals surface area contributed by atoms with E-state index in [0.717, 1.165) is 12.8 Å². The number of β-amino-alcohol motifs (C(OH)–C–C–N with tert-alkyl or cyclic N) is 1. The summed E-state index contributed by atoms with van der Waals surface area (Å²) in [6, 6.07) is 0. The summed E-state index contributed by atoms with van der Waals surface area (Å²) in [7, 11) is 0. The SMILES string of the molecule is C=C/C=C\C=C/C.CC.CC(C)(C)OC(=O)N1CCC[C@H](O)C1. The maximum atomic E-state index is 11.6. The van der Waals surface area contributed by atoms with E-state index in [0.29, 0.717) is 13.1 Å². The number of carbonyl (C=O) groups excluding carboxylic acids is 1. The lowest BCUT2D eigenvalue weighted by Crippen LogP contribution is -2.44. The monoisotopic (exact) mass is 325 g/mol. The van der Waals surface area contributed by atoms with Crippen molar-refractivity contribution in [1.29, 1.82) is 0 Å². The van der Waals surface area contributed by atoms with Crippen LogP contribution in [0.3, 0.4) is 0 Å². The van der Waals surface area contributed by atoms with E-state index in [9.17, 15) is 9.90 Å². The Labute approximate surface area is 142 Å². The van der Waals surface area contributed by atoms with Crippen molar-refractivity contribution >= 4 is 6.09 Å². The molecule has 1 saturated heterocycles. The zero-order valence-corrected chi connectivity index (χ0v) is 15.7. The molecule has 1 amide bonds. The molecular weight excluding hydrogens is 290 g/mol. The quantitative estimate of drug-likeness (QED) is 0.748. The summed E-state index contributed by atoms with van der Waals surface area (Å²) in [6.07, 6.45) is 10.4. The Morgan fingerprint density at radius 2 is 1.87 bits per heavy atom. The Bertz CT molecular complexity index is 367. The topological polar surface area (TPSA) is 49.8 Å². The van der Waals surface area contributed by atoms with Crippen molar-refractivity contribution < 1.29 is 14.6 Å². The van der Waals surface area contributed by atoms with Crippen LogP contribution in [0, 0.1) is 0 Å². The van der Waals surface area contributed by atoms with E-state index in [1.54, 1.807) is 11.0 Å². The van der Waals surface area contributed by atoms with Crippen molar-refractivity contribution in [3.63, 3.8) is 0 Å². The molecule has 1 atom stereocenters. The van der Waals surface area contributed by atoms with Gasteiger partial charge in [0.15, 0.2) is 0 Å². The number of aliphatic hydroxyl groups is 1. The normalized spacial score (nSPS) is 17.9. The Hall–Kier alpha value is -1.55. The number of hydrogen-bond donors (Lipinski definition) is 1. The van der Waals surface area contributed by atoms with Crippen molar-refractivity contribution in [1.82, 2.24) is 4.90 Å². The molecule has 0 aliphatic carbocycles. The summed E-state index contributed by atoms with van der Waals surface area (Å²) >= 11 is 0. The molecule has 1 N–H and O–H groups in total. The van der Waals surface area contributed by atoms with Crippen molar-refractivity contribution in [3.05, 3.63) is 37.0 Å². The molecule has 134 valence electrons. The first-order valence-electron chi connectivity index (χ1n) is 8.36. The van der Waals surface area contributed by atoms with Gasteiger partial charge < -0.3 is 14.7 Å². The van der Waals surface area contributed by atoms with Gasteiger partial charge in [0.05, 0.1) is 6.10 Å². The third kappa shape index (κ3) is 15.1. The zero-order chi connectivity index (χ0) is 18.3. The average Bonchev–Trinajstić information content (AvgIpc) is 2.49. The standard InChI is InChI=1S/C10H19NO3.C7H10.C2H6/c1-10(2,3)14-9(13)11-6-4-5-8(12)7-11;1-3-5-7-6-4-2;1-2/h8,12H,4-7H2,1-3H3;3-7H,1H2,2H3;1-2H3/b;6-4-,7-5-;/t8-;;/m0../s1. The van der Waals surface area contributed by atoms with E-state index < -0.39 is 11.7 Å². The average molecular weight is 325 g/mol. The van der Waals surface area contributed by atoms with Crippen molar-refractivity contribution in [2.24, 2.45) is 0 Å². The molecule has 1 rings (SSSR count). The van der Waals surface area contributed by atoms with E-state index in [1.165, 1.54) is 0 Å². The minimum absolute atomic E-state index is 0.323. The van der Waals surface area contributed by atoms with Crippen LogP contribution in [0.1, 0.15) is 54.4 Å². The zero-order valence-electron chi connectivity index (χ0n) is 15.7. The van der Waals surface area contributed by atoms with Crippen molar-refractivity contribution in [3.8, 4) is 0 Å². The fourth-order valence-electron chi connectivity index (χ4n) is 1.70. The number of amides is 1. The van der Waals surface area contributed by atoms with Gasteiger partial charge in [-0.1, -0.05) is 50.8 Å². The van der Waals surface area contributed by atoms with Crippen LogP contribution in [0.5, 0.6) is 0 Å². The lowest BCUT2D eigenvalue weighted by Gasteiger charge is -2.32. The molecular formula is C19H35NO3. The lowest BCUT2D eigenvalue weighted by molar-refractivity contribution is 0.00391. The molecule has 0 saturated carbocycles. The molecule has 0 aromatic heterocycles. The number of allylic oxidation sites excluding steroid dienone is 5. The molecule has 4 heteroatoms. The molecule has 4 nitrogen and oxygen atoms in total. The summed E-state index contributed by atoms with van der Waals surface area (Å²) < 4.78 is 5.20. The third-order valence-electron chi connectivity index (χ3n) is 2.60. The maximum Gasteiger partial charge on any atom is 0.410 e. The summed E-state index contributed by atoms with van der Waals surface area (Å²) in [6.45, 7) is 16.1. The Morgan fingerprint density at radius 1 is 1.26 bits per heavy atom. The van der Waals surface area contributed by atoms with Gasteiger partial charge in [0.25, 0.3) is 0 Å². The number of rotatable bonds is 2. The summed E-state index contributed by atoms with van der Waals surface area (Å²) in [4.78, 5) is 13.1. The number of likely N-dealkylation sites (tertiary alicyclic amines) is 1. The van der Waals surface area contributed by atoms with Gasteiger partial charge >= 0.3 is 6.09 Å². The molecule has 0 spiro atoms. The van der Waals surface area contributed by atoms with Crippen molar-refractivity contribution in [2.45, 2.75) is 66.1 Å². The first kappa shape index (κ1) is 23.7. The predicted octanol–water partition coefficient (Wildman–Crippen LogP) is 4.71. The highest BCUT2D eigenvalue weighted by atomic mass is 16.6. The van der Waals surface area contributed by atoms with Crippen LogP contribution < -0.4 is 0 Å². The molecule has 1 aliphatic heterocycles. The highest BCUT2D eigenvalue weighted by Gasteiger charge is 2.26. The second kappa shape index (κ2) is 14.1. The highest BCUT2D eigenvalue weighted by Crippen LogP contribution is 2.14. The van der Waals surface area contributed by atoms with Crippen molar-refractivity contribution in [2.75, 3.05) is 13.1 Å². The minimum Gasteiger partial charge on any atom is -0.444 e. The van der Waals surface area contributed by atoms with E-state index in [1.807, 2.05) is 65.8 Å². The molecule has 0 unspecified atom stereocenters. The second-order valence-electron chi connectivity index (χ2n) is 5.87. The molecule has 0 aromatic carbocycles. The van der Waals surface area contributed by atoms with Gasteiger partial charge in [-0.3, -0.25) is 0 Å². The largest absolute Gasteiger partial charge is 0.444 e. The van der Waals surface area contributed by atoms with Gasteiger partial charge in [-0.2, -0.15) is 0 Å². The molecule has 0 aromatic rings. The Morgan fingerprint density at radius 3 is 2.30 bits per heavy atom. The van der Waals surface area contributed by atoms with Gasteiger partial charge in [-0.15, -0.1) is 0 Å². The number of nitrogens with zero attached hydrogens (tertiary/aromatic N) is 1. The number of ether oxygens (including phenoxy) is 1. The number of piperidine rings is 1. The maximum absolute atomic E-state index is 11.6. The first-order chi connectivity index (χ1) is 10.8. The number of carbonyl (C=O) groups is 1. The van der Waals surface area contributed by atoms with E-state index in [4.69, 9.17) is 4.74 Å². The Balaban J connectivity index is 0. The van der Waals surface area contributed by atoms with Gasteiger partial charge in [0.2, 0.25) is 0 Å². The van der Waals surface area contributed by atoms with Crippen LogP contribution in [0.2, 0.25) is 0 Å². The second-order valence-corrected chi connectivity index (χ2v) is 5.87. The van der Waals surface area contributed by atoms with Crippen LogP contribution >= 0.6 is 0 Å². The van der Waals surface area contributed by atoms with Gasteiger partial charge in [0.1, 0.15) is 5.60 Å². The Kier molecular flexibility index (Phi) is 14.5. The summed E-state index contributed by atoms with van der Waals surface area (Å²) in [5, 5.41) is 9.38. The number of hydrogen-bond acceptors (Lipinski definition) is 3. The summed E-state index contributed by atoms with van der Waals surface area (Å²) in [5.41, 5.74) is -0.459. The van der Waals surface area contributed by atoms with Gasteiger partial charge in [0, 0.05) is 13.1 Å². The molecule has 23 heavy (non-hydrogen) atoms.